The van der Waals surface area contributed by atoms with Crippen LogP contribution in [-0.2, 0) is 0 Å². The summed E-state index contributed by atoms with van der Waals surface area (Å²) in [5, 5.41) is 2.86. The van der Waals surface area contributed by atoms with Gasteiger partial charge in [0.1, 0.15) is 5.82 Å². The van der Waals surface area contributed by atoms with E-state index in [0.717, 1.165) is 25.3 Å². The smallest absolute Gasteiger partial charge is 0.252 e. The minimum atomic E-state index is -0.0945. The molecule has 1 rings (SSSR count). The zero-order valence-corrected chi connectivity index (χ0v) is 15.2. The van der Waals surface area contributed by atoms with Gasteiger partial charge in [-0.25, -0.2) is 4.98 Å². The fraction of sp³-hybridized carbons (Fsp3) is 0.600. The SMILES string of the molecule is CCCN(CC)c1ccc(C(=O)NCC(C)CN)cn1.Cl.Cl. The third kappa shape index (κ3) is 7.29. The number of carbonyl (C=O) groups is 1. The van der Waals surface area contributed by atoms with Gasteiger partial charge in [-0.2, -0.15) is 0 Å². The van der Waals surface area contributed by atoms with Crippen LogP contribution >= 0.6 is 24.8 Å². The van der Waals surface area contributed by atoms with Crippen LogP contribution in [0.5, 0.6) is 0 Å². The molecule has 1 aromatic heterocycles. The number of halogens is 2. The third-order valence-corrected chi connectivity index (χ3v) is 3.22. The number of pyridine rings is 1. The van der Waals surface area contributed by atoms with E-state index in [1.807, 2.05) is 19.1 Å². The molecular formula is C15H28Cl2N4O. The van der Waals surface area contributed by atoms with Crippen LogP contribution < -0.4 is 16.0 Å². The Morgan fingerprint density at radius 2 is 2.05 bits per heavy atom. The highest BCUT2D eigenvalue weighted by Crippen LogP contribution is 2.11. The van der Waals surface area contributed by atoms with Crippen LogP contribution in [0.1, 0.15) is 37.6 Å². The van der Waals surface area contributed by atoms with Crippen molar-refractivity contribution in [3.05, 3.63) is 23.9 Å². The highest BCUT2D eigenvalue weighted by molar-refractivity contribution is 5.94. The molecular weight excluding hydrogens is 323 g/mol. The topological polar surface area (TPSA) is 71.2 Å². The molecule has 0 radical (unpaired) electrons. The molecule has 1 unspecified atom stereocenters. The maximum absolute atomic E-state index is 11.9. The van der Waals surface area contributed by atoms with Crippen molar-refractivity contribution in [1.82, 2.24) is 10.3 Å². The second-order valence-electron chi connectivity index (χ2n) is 5.04. The molecule has 0 aliphatic rings. The van der Waals surface area contributed by atoms with Crippen molar-refractivity contribution in [2.75, 3.05) is 31.1 Å². The molecule has 1 aromatic rings. The Morgan fingerprint density at radius 3 is 2.50 bits per heavy atom. The predicted molar refractivity (Wildman–Crippen MR) is 97.5 cm³/mol. The molecule has 0 aliphatic carbocycles. The van der Waals surface area contributed by atoms with Gasteiger partial charge in [0.15, 0.2) is 0 Å². The van der Waals surface area contributed by atoms with E-state index < -0.39 is 0 Å². The van der Waals surface area contributed by atoms with Gasteiger partial charge in [-0.1, -0.05) is 13.8 Å². The summed E-state index contributed by atoms with van der Waals surface area (Å²) in [4.78, 5) is 18.5. The van der Waals surface area contributed by atoms with Gasteiger partial charge in [0, 0.05) is 25.8 Å². The first-order valence-electron chi connectivity index (χ1n) is 7.31. The summed E-state index contributed by atoms with van der Waals surface area (Å²) in [5.74, 6) is 1.11. The molecule has 0 aliphatic heterocycles. The van der Waals surface area contributed by atoms with Crippen LogP contribution in [0.4, 0.5) is 5.82 Å². The number of carbonyl (C=O) groups excluding carboxylic acids is 1. The van der Waals surface area contributed by atoms with Crippen molar-refractivity contribution in [1.29, 1.82) is 0 Å². The summed E-state index contributed by atoms with van der Waals surface area (Å²) in [6.07, 6.45) is 2.71. The Morgan fingerprint density at radius 1 is 1.36 bits per heavy atom. The van der Waals surface area contributed by atoms with Crippen molar-refractivity contribution >= 4 is 36.5 Å². The van der Waals surface area contributed by atoms with E-state index in [-0.39, 0.29) is 36.6 Å². The monoisotopic (exact) mass is 350 g/mol. The molecule has 1 atom stereocenters. The number of hydrogen-bond donors (Lipinski definition) is 2. The minimum Gasteiger partial charge on any atom is -0.357 e. The second-order valence-corrected chi connectivity index (χ2v) is 5.04. The zero-order valence-electron chi connectivity index (χ0n) is 13.5. The molecule has 0 aromatic carbocycles. The molecule has 128 valence electrons. The number of hydrogen-bond acceptors (Lipinski definition) is 4. The molecule has 1 amide bonds. The molecule has 0 saturated carbocycles. The Labute approximate surface area is 145 Å². The summed E-state index contributed by atoms with van der Waals surface area (Å²) in [7, 11) is 0. The van der Waals surface area contributed by atoms with Gasteiger partial charge in [-0.15, -0.1) is 24.8 Å². The van der Waals surface area contributed by atoms with Crippen molar-refractivity contribution in [2.45, 2.75) is 27.2 Å². The van der Waals surface area contributed by atoms with Gasteiger partial charge >= 0.3 is 0 Å². The van der Waals surface area contributed by atoms with E-state index >= 15 is 0 Å². The lowest BCUT2D eigenvalue weighted by Gasteiger charge is -2.21. The van der Waals surface area contributed by atoms with Gasteiger partial charge in [-0.3, -0.25) is 4.79 Å². The molecule has 7 heteroatoms. The van der Waals surface area contributed by atoms with Crippen molar-refractivity contribution < 1.29 is 4.79 Å². The summed E-state index contributed by atoms with van der Waals surface area (Å²) < 4.78 is 0. The van der Waals surface area contributed by atoms with Gasteiger partial charge in [-0.05, 0) is 37.9 Å². The van der Waals surface area contributed by atoms with Crippen molar-refractivity contribution in [2.24, 2.45) is 11.7 Å². The van der Waals surface area contributed by atoms with Crippen LogP contribution in [0.15, 0.2) is 18.3 Å². The summed E-state index contributed by atoms with van der Waals surface area (Å²) in [6.45, 7) is 9.30. The van der Waals surface area contributed by atoms with E-state index in [9.17, 15) is 4.79 Å². The van der Waals surface area contributed by atoms with Gasteiger partial charge in [0.2, 0.25) is 0 Å². The lowest BCUT2D eigenvalue weighted by atomic mass is 10.2. The number of rotatable bonds is 8. The number of nitrogens with zero attached hydrogens (tertiary/aromatic N) is 2. The van der Waals surface area contributed by atoms with Crippen LogP contribution in [0, 0.1) is 5.92 Å². The normalized spacial score (nSPS) is 10.9. The average Bonchev–Trinajstić information content (AvgIpc) is 2.50. The van der Waals surface area contributed by atoms with Gasteiger partial charge in [0.05, 0.1) is 5.56 Å². The largest absolute Gasteiger partial charge is 0.357 e. The standard InChI is InChI=1S/C15H26N4O.2ClH/c1-4-8-19(5-2)14-7-6-13(11-17-14)15(20)18-10-12(3)9-16;;/h6-7,11-12H,4-5,8-10,16H2,1-3H3,(H,18,20);2*1H. The Kier molecular flexibility index (Phi) is 13.2. The summed E-state index contributed by atoms with van der Waals surface area (Å²) in [6, 6.07) is 3.73. The second kappa shape index (κ2) is 12.5. The molecule has 22 heavy (non-hydrogen) atoms. The van der Waals surface area contributed by atoms with E-state index in [2.05, 4.69) is 29.0 Å². The number of aromatic nitrogens is 1. The average molecular weight is 351 g/mol. The van der Waals surface area contributed by atoms with Crippen LogP contribution in [0.3, 0.4) is 0 Å². The lowest BCUT2D eigenvalue weighted by Crippen LogP contribution is -2.31. The van der Waals surface area contributed by atoms with Crippen LogP contribution in [0.25, 0.3) is 0 Å². The first-order valence-corrected chi connectivity index (χ1v) is 7.31. The van der Waals surface area contributed by atoms with E-state index in [1.165, 1.54) is 0 Å². The third-order valence-electron chi connectivity index (χ3n) is 3.22. The van der Waals surface area contributed by atoms with E-state index in [0.29, 0.717) is 18.7 Å². The Bertz CT molecular complexity index is 415. The Balaban J connectivity index is 0. The molecule has 0 spiro atoms. The first kappa shape index (κ1) is 23.2. The molecule has 5 nitrogen and oxygen atoms in total. The highest BCUT2D eigenvalue weighted by atomic mass is 35.5. The van der Waals surface area contributed by atoms with Crippen LogP contribution in [-0.4, -0.2) is 37.1 Å². The van der Waals surface area contributed by atoms with E-state index in [1.54, 1.807) is 6.20 Å². The number of nitrogens with one attached hydrogen (secondary N) is 1. The van der Waals surface area contributed by atoms with Crippen LogP contribution in [0.2, 0.25) is 0 Å². The quantitative estimate of drug-likeness (QED) is 0.755. The number of nitrogens with two attached hydrogens (primary N) is 1. The van der Waals surface area contributed by atoms with Gasteiger partial charge in [0.25, 0.3) is 5.91 Å². The summed E-state index contributed by atoms with van der Waals surface area (Å²) in [5.41, 5.74) is 6.11. The Hall–Kier alpha value is -1.04. The molecule has 0 bridgehead atoms. The maximum atomic E-state index is 11.9. The predicted octanol–water partition coefficient (Wildman–Crippen LogP) is 2.49. The van der Waals surface area contributed by atoms with Crippen molar-refractivity contribution in [3.8, 4) is 0 Å². The fourth-order valence-electron chi connectivity index (χ4n) is 1.86. The number of amides is 1. The van der Waals surface area contributed by atoms with E-state index in [4.69, 9.17) is 5.73 Å². The lowest BCUT2D eigenvalue weighted by molar-refractivity contribution is 0.0948. The minimum absolute atomic E-state index is 0. The molecule has 1 heterocycles. The maximum Gasteiger partial charge on any atom is 0.252 e. The summed E-state index contributed by atoms with van der Waals surface area (Å²) >= 11 is 0. The molecule has 3 N–H and O–H groups in total. The first-order chi connectivity index (χ1) is 9.62. The fourth-order valence-corrected chi connectivity index (χ4v) is 1.86. The zero-order chi connectivity index (χ0) is 15.0. The highest BCUT2D eigenvalue weighted by Gasteiger charge is 2.09. The molecule has 0 saturated heterocycles. The number of anilines is 1. The van der Waals surface area contributed by atoms with Gasteiger partial charge < -0.3 is 16.0 Å². The molecule has 0 fully saturated rings. The van der Waals surface area contributed by atoms with Crippen molar-refractivity contribution in [3.63, 3.8) is 0 Å².